The van der Waals surface area contributed by atoms with Gasteiger partial charge in [0.05, 0.1) is 11.4 Å². The van der Waals surface area contributed by atoms with Gasteiger partial charge in [-0.2, -0.15) is 4.31 Å². The molecule has 0 spiro atoms. The zero-order chi connectivity index (χ0) is 14.5. The fraction of sp³-hybridized carbons (Fsp3) is 0.500. The molecular weight excluding hydrogens is 278 g/mol. The van der Waals surface area contributed by atoms with E-state index in [0.717, 1.165) is 5.56 Å². The summed E-state index contributed by atoms with van der Waals surface area (Å²) < 4.78 is 26.6. The monoisotopic (exact) mass is 295 g/mol. The number of sulfonamides is 1. The molecule has 108 valence electrons. The number of rotatable bonds is 2. The Bertz CT molecular complexity index is 652. The summed E-state index contributed by atoms with van der Waals surface area (Å²) in [6.45, 7) is 1.77. The van der Waals surface area contributed by atoms with Crippen molar-refractivity contribution in [3.8, 4) is 0 Å². The number of nitrogens with zero attached hydrogens (tertiary/aromatic N) is 1. The second-order valence-electron chi connectivity index (χ2n) is 5.71. The van der Waals surface area contributed by atoms with Crippen molar-refractivity contribution in [1.29, 1.82) is 0 Å². The summed E-state index contributed by atoms with van der Waals surface area (Å²) in [6.07, 6.45) is 0.963. The molecule has 6 heteroatoms. The van der Waals surface area contributed by atoms with Gasteiger partial charge in [0.25, 0.3) is 0 Å². The number of carbonyl (C=O) groups is 1. The van der Waals surface area contributed by atoms with Crippen molar-refractivity contribution >= 4 is 15.8 Å². The van der Waals surface area contributed by atoms with Crippen LogP contribution in [0.15, 0.2) is 29.2 Å². The topological polar surface area (TPSA) is 74.7 Å². The molecule has 0 amide bonds. The summed E-state index contributed by atoms with van der Waals surface area (Å²) in [5.74, 6) is -0.240. The van der Waals surface area contributed by atoms with E-state index in [-0.39, 0.29) is 36.1 Å². The maximum atomic E-state index is 12.6. The van der Waals surface area contributed by atoms with Crippen LogP contribution in [-0.2, 0) is 14.8 Å². The summed E-state index contributed by atoms with van der Waals surface area (Å²) in [5.41, 5.74) is -0.501. The highest BCUT2D eigenvalue weighted by molar-refractivity contribution is 7.89. The minimum atomic E-state index is -3.65. The first kappa shape index (κ1) is 13.7. The van der Waals surface area contributed by atoms with Crippen molar-refractivity contribution in [2.45, 2.75) is 42.7 Å². The zero-order valence-corrected chi connectivity index (χ0v) is 12.1. The fourth-order valence-electron chi connectivity index (χ4n) is 3.05. The largest absolute Gasteiger partial charge is 0.381 e. The molecule has 0 aromatic heterocycles. The SMILES string of the molecule is Cc1ccc(S(=O)(=O)N2C[C@]3(O)C[C@H]2CCC3=O)cc1. The molecule has 2 atom stereocenters. The molecule has 0 unspecified atom stereocenters. The Balaban J connectivity index is 1.97. The molecule has 2 fully saturated rings. The summed E-state index contributed by atoms with van der Waals surface area (Å²) in [5, 5.41) is 10.3. The molecule has 1 aliphatic heterocycles. The molecule has 1 aromatic carbocycles. The molecule has 2 bridgehead atoms. The molecular formula is C14H17NO4S. The van der Waals surface area contributed by atoms with Gasteiger partial charge in [0.1, 0.15) is 5.60 Å². The Labute approximate surface area is 118 Å². The predicted octanol–water partition coefficient (Wildman–Crippen LogP) is 0.852. The van der Waals surface area contributed by atoms with Gasteiger partial charge in [0.2, 0.25) is 10.0 Å². The van der Waals surface area contributed by atoms with Crippen molar-refractivity contribution < 1.29 is 18.3 Å². The highest BCUT2D eigenvalue weighted by atomic mass is 32.2. The summed E-state index contributed by atoms with van der Waals surface area (Å²) in [7, 11) is -3.65. The normalized spacial score (nSPS) is 30.7. The van der Waals surface area contributed by atoms with Crippen LogP contribution in [0.2, 0.25) is 0 Å². The molecule has 20 heavy (non-hydrogen) atoms. The first-order chi connectivity index (χ1) is 9.33. The highest BCUT2D eigenvalue weighted by Crippen LogP contribution is 2.39. The standard InChI is InChI=1S/C14H17NO4S/c1-10-2-5-12(6-3-10)20(18,19)15-9-14(17)8-11(15)4-7-13(14)16/h2-3,5-6,11,17H,4,7-9H2,1H3/t11-,14-/m1/s1. The molecule has 1 N–H and O–H groups in total. The number of benzene rings is 1. The van der Waals surface area contributed by atoms with Crippen molar-refractivity contribution in [3.05, 3.63) is 29.8 Å². The second-order valence-corrected chi connectivity index (χ2v) is 7.61. The molecule has 1 saturated carbocycles. The maximum Gasteiger partial charge on any atom is 0.243 e. The third-order valence-electron chi connectivity index (χ3n) is 4.25. The smallest absolute Gasteiger partial charge is 0.243 e. The molecule has 5 nitrogen and oxygen atoms in total. The Morgan fingerprint density at radius 3 is 2.55 bits per heavy atom. The third kappa shape index (κ3) is 1.99. The summed E-state index contributed by atoms with van der Waals surface area (Å²) in [6, 6.07) is 6.35. The van der Waals surface area contributed by atoms with Gasteiger partial charge in [-0.3, -0.25) is 4.79 Å². The van der Waals surface area contributed by atoms with Crippen LogP contribution < -0.4 is 0 Å². The van der Waals surface area contributed by atoms with Gasteiger partial charge < -0.3 is 5.11 Å². The molecule has 1 aliphatic carbocycles. The number of ketones is 1. The lowest BCUT2D eigenvalue weighted by Crippen LogP contribution is -2.42. The number of β-amino-alcohol motifs (C(OH)–C–C–N with tert-alkyl or cyclic N) is 1. The van der Waals surface area contributed by atoms with Crippen LogP contribution in [0.3, 0.4) is 0 Å². The molecule has 1 aromatic rings. The van der Waals surface area contributed by atoms with Gasteiger partial charge in [-0.25, -0.2) is 8.42 Å². The first-order valence-electron chi connectivity index (χ1n) is 6.67. The second kappa shape index (κ2) is 4.38. The van der Waals surface area contributed by atoms with E-state index >= 15 is 0 Å². The Morgan fingerprint density at radius 2 is 1.95 bits per heavy atom. The van der Waals surface area contributed by atoms with E-state index in [0.29, 0.717) is 6.42 Å². The quantitative estimate of drug-likeness (QED) is 0.878. The molecule has 1 saturated heterocycles. The van der Waals surface area contributed by atoms with Gasteiger partial charge in [-0.05, 0) is 25.5 Å². The minimum Gasteiger partial charge on any atom is -0.381 e. The van der Waals surface area contributed by atoms with Crippen molar-refractivity contribution in [1.82, 2.24) is 4.31 Å². The van der Waals surface area contributed by atoms with E-state index in [1.165, 1.54) is 4.31 Å². The van der Waals surface area contributed by atoms with Gasteiger partial charge in [0.15, 0.2) is 5.78 Å². The van der Waals surface area contributed by atoms with E-state index in [1.807, 2.05) is 6.92 Å². The minimum absolute atomic E-state index is 0.118. The third-order valence-corrected chi connectivity index (χ3v) is 6.16. The van der Waals surface area contributed by atoms with E-state index in [1.54, 1.807) is 24.3 Å². The van der Waals surface area contributed by atoms with Crippen molar-refractivity contribution in [2.24, 2.45) is 0 Å². The number of carbonyl (C=O) groups excluding carboxylic acids is 1. The highest BCUT2D eigenvalue weighted by Gasteiger charge is 2.54. The lowest BCUT2D eigenvalue weighted by molar-refractivity contribution is -0.137. The van der Waals surface area contributed by atoms with E-state index in [9.17, 15) is 18.3 Å². The number of aliphatic hydroxyl groups is 1. The molecule has 0 radical (unpaired) electrons. The average Bonchev–Trinajstić information content (AvgIpc) is 2.70. The van der Waals surface area contributed by atoms with Crippen LogP contribution in [0.4, 0.5) is 0 Å². The van der Waals surface area contributed by atoms with E-state index < -0.39 is 15.6 Å². The van der Waals surface area contributed by atoms with Crippen LogP contribution in [0.1, 0.15) is 24.8 Å². The van der Waals surface area contributed by atoms with Crippen LogP contribution in [0.25, 0.3) is 0 Å². The molecule has 2 aliphatic rings. The van der Waals surface area contributed by atoms with Crippen LogP contribution in [0.5, 0.6) is 0 Å². The van der Waals surface area contributed by atoms with Crippen LogP contribution >= 0.6 is 0 Å². The number of hydrogen-bond acceptors (Lipinski definition) is 4. The van der Waals surface area contributed by atoms with Crippen molar-refractivity contribution in [2.75, 3.05) is 6.54 Å². The predicted molar refractivity (Wildman–Crippen MR) is 72.7 cm³/mol. The summed E-state index contributed by atoms with van der Waals surface area (Å²) >= 11 is 0. The number of aryl methyl sites for hydroxylation is 1. The Morgan fingerprint density at radius 1 is 1.30 bits per heavy atom. The lowest BCUT2D eigenvalue weighted by Gasteiger charge is -2.24. The van der Waals surface area contributed by atoms with Crippen LogP contribution in [-0.4, -0.2) is 41.8 Å². The fourth-order valence-corrected chi connectivity index (χ4v) is 4.76. The van der Waals surface area contributed by atoms with E-state index in [2.05, 4.69) is 0 Å². The Hall–Kier alpha value is -1.24. The van der Waals surface area contributed by atoms with Crippen LogP contribution in [0, 0.1) is 6.92 Å². The lowest BCUT2D eigenvalue weighted by atomic mass is 9.85. The number of hydrogen-bond donors (Lipinski definition) is 1. The van der Waals surface area contributed by atoms with Gasteiger partial charge in [-0.15, -0.1) is 0 Å². The Kier molecular flexibility index (Phi) is 3.00. The maximum absolute atomic E-state index is 12.6. The van der Waals surface area contributed by atoms with E-state index in [4.69, 9.17) is 0 Å². The first-order valence-corrected chi connectivity index (χ1v) is 8.11. The van der Waals surface area contributed by atoms with Crippen molar-refractivity contribution in [3.63, 3.8) is 0 Å². The van der Waals surface area contributed by atoms with Gasteiger partial charge in [-0.1, -0.05) is 17.7 Å². The van der Waals surface area contributed by atoms with Gasteiger partial charge in [0, 0.05) is 18.9 Å². The molecule has 1 heterocycles. The zero-order valence-electron chi connectivity index (χ0n) is 11.2. The average molecular weight is 295 g/mol. The van der Waals surface area contributed by atoms with Gasteiger partial charge >= 0.3 is 0 Å². The molecule has 3 rings (SSSR count). The number of Topliss-reactive ketones (excluding diaryl/α,β-unsaturated/α-hetero) is 1. The number of fused-ring (bicyclic) bond motifs is 2. The summed E-state index contributed by atoms with van der Waals surface area (Å²) in [4.78, 5) is 12.0.